The van der Waals surface area contributed by atoms with Gasteiger partial charge in [0.05, 0.1) is 11.4 Å². The van der Waals surface area contributed by atoms with E-state index in [0.717, 1.165) is 43.0 Å². The molecule has 19 heavy (non-hydrogen) atoms. The van der Waals surface area contributed by atoms with Crippen molar-refractivity contribution in [1.82, 2.24) is 15.0 Å². The van der Waals surface area contributed by atoms with Gasteiger partial charge in [-0.1, -0.05) is 11.2 Å². The second kappa shape index (κ2) is 5.63. The molecule has 1 aliphatic rings. The number of carbonyl (C=O) groups is 1. The van der Waals surface area contributed by atoms with Crippen molar-refractivity contribution in [3.8, 4) is 10.7 Å². The largest absolute Gasteiger partial charge is 0.339 e. The van der Waals surface area contributed by atoms with E-state index in [1.54, 1.807) is 11.3 Å². The molecule has 0 N–H and O–H groups in total. The molecule has 0 unspecified atom stereocenters. The van der Waals surface area contributed by atoms with Crippen LogP contribution < -0.4 is 0 Å². The number of aldehydes is 1. The van der Waals surface area contributed by atoms with Gasteiger partial charge in [-0.2, -0.15) is 4.98 Å². The number of piperidine rings is 1. The summed E-state index contributed by atoms with van der Waals surface area (Å²) in [4.78, 5) is 18.2. The summed E-state index contributed by atoms with van der Waals surface area (Å²) in [5.41, 5.74) is 0. The topological polar surface area (TPSA) is 59.2 Å². The van der Waals surface area contributed by atoms with E-state index in [0.29, 0.717) is 18.3 Å². The van der Waals surface area contributed by atoms with Crippen LogP contribution in [0.5, 0.6) is 0 Å². The molecule has 3 heterocycles. The van der Waals surface area contributed by atoms with Gasteiger partial charge in [0.15, 0.2) is 0 Å². The minimum absolute atomic E-state index is 0.323. The molecule has 0 aliphatic carbocycles. The summed E-state index contributed by atoms with van der Waals surface area (Å²) in [7, 11) is 0. The minimum Gasteiger partial charge on any atom is -0.339 e. The van der Waals surface area contributed by atoms with Gasteiger partial charge in [-0.05, 0) is 37.4 Å². The third kappa shape index (κ3) is 2.74. The van der Waals surface area contributed by atoms with Crippen LogP contribution in [0.15, 0.2) is 22.0 Å². The number of rotatable bonds is 4. The fourth-order valence-corrected chi connectivity index (χ4v) is 3.02. The van der Waals surface area contributed by atoms with Gasteiger partial charge < -0.3 is 9.32 Å². The monoisotopic (exact) mass is 277 g/mol. The smallest absolute Gasteiger partial charge is 0.230 e. The van der Waals surface area contributed by atoms with Crippen LogP contribution in [0.25, 0.3) is 10.7 Å². The maximum absolute atomic E-state index is 10.5. The number of thiophene rings is 1. The Bertz CT molecular complexity index is 530. The molecule has 2 aromatic rings. The predicted octanol–water partition coefficient (Wildman–Crippen LogP) is 2.18. The Morgan fingerprint density at radius 2 is 2.32 bits per heavy atom. The van der Waals surface area contributed by atoms with Crippen LogP contribution in [0.1, 0.15) is 24.7 Å². The van der Waals surface area contributed by atoms with Crippen LogP contribution in [0.4, 0.5) is 0 Å². The summed E-state index contributed by atoms with van der Waals surface area (Å²) in [6, 6.07) is 3.97. The van der Waals surface area contributed by atoms with Crippen LogP contribution in [-0.4, -0.2) is 41.0 Å². The maximum Gasteiger partial charge on any atom is 0.230 e. The lowest BCUT2D eigenvalue weighted by Gasteiger charge is -2.28. The Kier molecular flexibility index (Phi) is 3.70. The van der Waals surface area contributed by atoms with Crippen LogP contribution in [0.2, 0.25) is 0 Å². The summed E-state index contributed by atoms with van der Waals surface area (Å²) in [5.74, 6) is 1.73. The highest BCUT2D eigenvalue weighted by Crippen LogP contribution is 2.29. The normalized spacial score (nSPS) is 17.7. The Morgan fingerprint density at radius 3 is 3.00 bits per heavy atom. The van der Waals surface area contributed by atoms with E-state index < -0.39 is 0 Å². The van der Waals surface area contributed by atoms with Gasteiger partial charge in [-0.3, -0.25) is 4.90 Å². The summed E-state index contributed by atoms with van der Waals surface area (Å²) < 4.78 is 5.38. The highest BCUT2D eigenvalue weighted by atomic mass is 32.1. The Labute approximate surface area is 115 Å². The third-order valence-corrected chi connectivity index (χ3v) is 4.32. The van der Waals surface area contributed by atoms with Crippen molar-refractivity contribution in [2.24, 2.45) is 0 Å². The number of nitrogens with zero attached hydrogens (tertiary/aromatic N) is 3. The van der Waals surface area contributed by atoms with Crippen LogP contribution in [-0.2, 0) is 4.79 Å². The molecule has 2 aromatic heterocycles. The van der Waals surface area contributed by atoms with E-state index in [1.165, 1.54) is 0 Å². The number of hydrogen-bond donors (Lipinski definition) is 0. The summed E-state index contributed by atoms with van der Waals surface area (Å²) in [6.45, 7) is 2.36. The zero-order valence-corrected chi connectivity index (χ0v) is 11.3. The summed E-state index contributed by atoms with van der Waals surface area (Å²) >= 11 is 1.61. The second-order valence-electron chi connectivity index (χ2n) is 4.68. The zero-order chi connectivity index (χ0) is 13.1. The lowest BCUT2D eigenvalue weighted by atomic mass is 9.97. The van der Waals surface area contributed by atoms with Crippen LogP contribution in [0, 0.1) is 0 Å². The van der Waals surface area contributed by atoms with Gasteiger partial charge >= 0.3 is 0 Å². The molecule has 0 bridgehead atoms. The third-order valence-electron chi connectivity index (χ3n) is 3.45. The molecule has 0 spiro atoms. The lowest BCUT2D eigenvalue weighted by molar-refractivity contribution is -0.109. The fraction of sp³-hybridized carbons (Fsp3) is 0.462. The van der Waals surface area contributed by atoms with Crippen LogP contribution in [0.3, 0.4) is 0 Å². The van der Waals surface area contributed by atoms with Crippen molar-refractivity contribution in [1.29, 1.82) is 0 Å². The van der Waals surface area contributed by atoms with Crippen molar-refractivity contribution in [3.63, 3.8) is 0 Å². The van der Waals surface area contributed by atoms with Gasteiger partial charge in [0, 0.05) is 5.92 Å². The lowest BCUT2D eigenvalue weighted by Crippen LogP contribution is -2.34. The summed E-state index contributed by atoms with van der Waals surface area (Å²) in [6.07, 6.45) is 2.90. The van der Waals surface area contributed by atoms with E-state index >= 15 is 0 Å². The first-order valence-corrected chi connectivity index (χ1v) is 7.28. The molecule has 0 radical (unpaired) electrons. The van der Waals surface area contributed by atoms with Gasteiger partial charge in [0.25, 0.3) is 0 Å². The number of carbonyl (C=O) groups excluding carboxylic acids is 1. The molecule has 1 aliphatic heterocycles. The van der Waals surface area contributed by atoms with Crippen molar-refractivity contribution >= 4 is 17.6 Å². The quantitative estimate of drug-likeness (QED) is 0.802. The van der Waals surface area contributed by atoms with E-state index in [2.05, 4.69) is 15.0 Å². The average molecular weight is 277 g/mol. The number of likely N-dealkylation sites (tertiary alicyclic amines) is 1. The molecule has 3 rings (SSSR count). The first-order chi connectivity index (χ1) is 9.36. The Hall–Kier alpha value is -1.53. The molecule has 1 saturated heterocycles. The molecule has 0 saturated carbocycles. The van der Waals surface area contributed by atoms with Crippen molar-refractivity contribution in [2.45, 2.75) is 18.8 Å². The molecular formula is C13H15N3O2S. The summed E-state index contributed by atoms with van der Waals surface area (Å²) in [5, 5.41) is 6.05. The van der Waals surface area contributed by atoms with Crippen molar-refractivity contribution < 1.29 is 9.32 Å². The molecule has 6 heteroatoms. The van der Waals surface area contributed by atoms with Gasteiger partial charge in [0.2, 0.25) is 11.7 Å². The maximum atomic E-state index is 10.5. The molecule has 0 aromatic carbocycles. The SMILES string of the molecule is O=CCN1CCC(c2nc(-c3cccs3)no2)CC1. The minimum atomic E-state index is 0.323. The molecule has 0 atom stereocenters. The van der Waals surface area contributed by atoms with Gasteiger partial charge in [-0.15, -0.1) is 11.3 Å². The molecule has 100 valence electrons. The van der Waals surface area contributed by atoms with E-state index in [9.17, 15) is 4.79 Å². The number of hydrogen-bond acceptors (Lipinski definition) is 6. The standard InChI is InChI=1S/C13H15N3O2S/c17-8-7-16-5-3-10(4-6-16)13-14-12(15-18-13)11-2-1-9-19-11/h1-2,8-10H,3-7H2. The fourth-order valence-electron chi connectivity index (χ4n) is 2.37. The predicted molar refractivity (Wildman–Crippen MR) is 72.1 cm³/mol. The van der Waals surface area contributed by atoms with E-state index in [-0.39, 0.29) is 0 Å². The van der Waals surface area contributed by atoms with Crippen molar-refractivity contribution in [2.75, 3.05) is 19.6 Å². The molecular weight excluding hydrogens is 262 g/mol. The van der Waals surface area contributed by atoms with Gasteiger partial charge in [0.1, 0.15) is 6.29 Å². The zero-order valence-electron chi connectivity index (χ0n) is 10.5. The Morgan fingerprint density at radius 1 is 1.47 bits per heavy atom. The first kappa shape index (κ1) is 12.5. The van der Waals surface area contributed by atoms with E-state index in [1.807, 2.05) is 17.5 Å². The molecule has 1 fully saturated rings. The highest BCUT2D eigenvalue weighted by Gasteiger charge is 2.25. The number of aromatic nitrogens is 2. The van der Waals surface area contributed by atoms with E-state index in [4.69, 9.17) is 4.52 Å². The van der Waals surface area contributed by atoms with Crippen molar-refractivity contribution in [3.05, 3.63) is 23.4 Å². The second-order valence-corrected chi connectivity index (χ2v) is 5.62. The van der Waals surface area contributed by atoms with Gasteiger partial charge in [-0.25, -0.2) is 0 Å². The first-order valence-electron chi connectivity index (χ1n) is 6.40. The van der Waals surface area contributed by atoms with Crippen LogP contribution >= 0.6 is 11.3 Å². The molecule has 5 nitrogen and oxygen atoms in total. The highest BCUT2D eigenvalue weighted by molar-refractivity contribution is 7.13. The molecule has 0 amide bonds. The average Bonchev–Trinajstić information content (AvgIpc) is 3.11. The Balaban J connectivity index is 1.66.